The average molecular weight is 409 g/mol. The summed E-state index contributed by atoms with van der Waals surface area (Å²) in [5.74, 6) is -0.897. The zero-order chi connectivity index (χ0) is 21.1. The highest BCUT2D eigenvalue weighted by atomic mass is 19.1. The molecule has 0 saturated carbocycles. The van der Waals surface area contributed by atoms with E-state index in [1.165, 1.54) is 12.1 Å². The monoisotopic (exact) mass is 409 g/mol. The maximum atomic E-state index is 13.1. The van der Waals surface area contributed by atoms with Gasteiger partial charge in [0.05, 0.1) is 0 Å². The Morgan fingerprint density at radius 1 is 1.00 bits per heavy atom. The fourth-order valence-electron chi connectivity index (χ4n) is 3.83. The maximum absolute atomic E-state index is 13.1. The highest BCUT2D eigenvalue weighted by Crippen LogP contribution is 2.19. The van der Waals surface area contributed by atoms with Crippen LogP contribution in [0.2, 0.25) is 0 Å². The Labute approximate surface area is 174 Å². The topological polar surface area (TPSA) is 54.8 Å². The van der Waals surface area contributed by atoms with Gasteiger partial charge in [0.1, 0.15) is 12.4 Å². The standard InChI is InChI=1S/C23H24FN3O3/c1-17-14-18-4-2-3-5-21(18)27(17)15-23(29)30-16-22(28)26-12-10-25(11-13-26)20-8-6-19(24)7-9-20/h2-9,14H,10-13,15-16H2,1H3. The predicted octanol–water partition coefficient (Wildman–Crippen LogP) is 2.98. The third-order valence-electron chi connectivity index (χ3n) is 5.49. The second kappa shape index (κ2) is 8.57. The zero-order valence-electron chi connectivity index (χ0n) is 16.9. The third-order valence-corrected chi connectivity index (χ3v) is 5.49. The number of halogens is 1. The molecular formula is C23H24FN3O3. The number of hydrogen-bond donors (Lipinski definition) is 0. The molecule has 156 valence electrons. The molecule has 1 fully saturated rings. The summed E-state index contributed by atoms with van der Waals surface area (Å²) < 4.78 is 20.2. The van der Waals surface area contributed by atoms with Crippen LogP contribution in [-0.2, 0) is 20.9 Å². The van der Waals surface area contributed by atoms with Crippen molar-refractivity contribution in [3.05, 3.63) is 66.1 Å². The molecular weight excluding hydrogens is 385 g/mol. The number of para-hydroxylation sites is 1. The molecule has 3 aromatic rings. The van der Waals surface area contributed by atoms with Gasteiger partial charge in [-0.2, -0.15) is 0 Å². The Hall–Kier alpha value is -3.35. The molecule has 1 aromatic heterocycles. The van der Waals surface area contributed by atoms with E-state index in [9.17, 15) is 14.0 Å². The molecule has 0 unspecified atom stereocenters. The van der Waals surface area contributed by atoms with E-state index in [4.69, 9.17) is 4.74 Å². The summed E-state index contributed by atoms with van der Waals surface area (Å²) in [6.07, 6.45) is 0. The molecule has 0 radical (unpaired) electrons. The fourth-order valence-corrected chi connectivity index (χ4v) is 3.83. The Kier molecular flexibility index (Phi) is 5.70. The van der Waals surface area contributed by atoms with Gasteiger partial charge < -0.3 is 19.1 Å². The number of nitrogens with zero attached hydrogens (tertiary/aromatic N) is 3. The normalized spacial score (nSPS) is 14.2. The maximum Gasteiger partial charge on any atom is 0.326 e. The minimum atomic E-state index is -0.433. The van der Waals surface area contributed by atoms with Gasteiger partial charge in [-0.3, -0.25) is 9.59 Å². The van der Waals surface area contributed by atoms with Crippen molar-refractivity contribution in [2.45, 2.75) is 13.5 Å². The number of carbonyl (C=O) groups excluding carboxylic acids is 2. The highest BCUT2D eigenvalue weighted by Gasteiger charge is 2.22. The number of fused-ring (bicyclic) bond motifs is 1. The quantitative estimate of drug-likeness (QED) is 0.608. The fraction of sp³-hybridized carbons (Fsp3) is 0.304. The van der Waals surface area contributed by atoms with Crippen LogP contribution in [-0.4, -0.2) is 54.1 Å². The first kappa shape index (κ1) is 19.9. The first-order chi connectivity index (χ1) is 14.5. The van der Waals surface area contributed by atoms with Crippen molar-refractivity contribution in [1.29, 1.82) is 0 Å². The molecule has 0 atom stereocenters. The molecule has 0 N–H and O–H groups in total. The molecule has 7 heteroatoms. The lowest BCUT2D eigenvalue weighted by molar-refractivity contribution is -0.152. The van der Waals surface area contributed by atoms with Crippen molar-refractivity contribution in [3.8, 4) is 0 Å². The lowest BCUT2D eigenvalue weighted by Crippen LogP contribution is -2.50. The molecule has 30 heavy (non-hydrogen) atoms. The van der Waals surface area contributed by atoms with Crippen LogP contribution in [0.3, 0.4) is 0 Å². The van der Waals surface area contributed by atoms with Crippen molar-refractivity contribution >= 4 is 28.5 Å². The van der Waals surface area contributed by atoms with Gasteiger partial charge in [-0.1, -0.05) is 18.2 Å². The third kappa shape index (κ3) is 4.30. The minimum Gasteiger partial charge on any atom is -0.454 e. The Morgan fingerprint density at radius 2 is 1.70 bits per heavy atom. The van der Waals surface area contributed by atoms with Crippen LogP contribution < -0.4 is 4.90 Å². The average Bonchev–Trinajstić information content (AvgIpc) is 3.08. The van der Waals surface area contributed by atoms with E-state index in [2.05, 4.69) is 4.90 Å². The number of hydrogen-bond acceptors (Lipinski definition) is 4. The minimum absolute atomic E-state index is 0.0744. The summed E-state index contributed by atoms with van der Waals surface area (Å²) in [5, 5.41) is 1.07. The molecule has 1 saturated heterocycles. The summed E-state index contributed by atoms with van der Waals surface area (Å²) in [5.41, 5.74) is 2.87. The van der Waals surface area contributed by atoms with Gasteiger partial charge in [-0.05, 0) is 48.7 Å². The van der Waals surface area contributed by atoms with Crippen molar-refractivity contribution < 1.29 is 18.7 Å². The molecule has 1 aliphatic rings. The number of aryl methyl sites for hydroxylation is 1. The zero-order valence-corrected chi connectivity index (χ0v) is 16.9. The van der Waals surface area contributed by atoms with Crippen LogP contribution in [0, 0.1) is 12.7 Å². The number of anilines is 1. The van der Waals surface area contributed by atoms with Crippen LogP contribution in [0.25, 0.3) is 10.9 Å². The Morgan fingerprint density at radius 3 is 2.43 bits per heavy atom. The van der Waals surface area contributed by atoms with E-state index in [1.807, 2.05) is 41.8 Å². The number of ether oxygens (including phenoxy) is 1. The number of rotatable bonds is 5. The number of benzene rings is 2. The largest absolute Gasteiger partial charge is 0.454 e. The van der Waals surface area contributed by atoms with Gasteiger partial charge in [-0.15, -0.1) is 0 Å². The molecule has 1 aliphatic heterocycles. The number of carbonyl (C=O) groups is 2. The van der Waals surface area contributed by atoms with E-state index in [1.54, 1.807) is 17.0 Å². The van der Waals surface area contributed by atoms with E-state index >= 15 is 0 Å². The van der Waals surface area contributed by atoms with Crippen molar-refractivity contribution in [1.82, 2.24) is 9.47 Å². The van der Waals surface area contributed by atoms with Crippen molar-refractivity contribution in [3.63, 3.8) is 0 Å². The second-order valence-electron chi connectivity index (χ2n) is 7.44. The summed E-state index contributed by atoms with van der Waals surface area (Å²) in [7, 11) is 0. The number of aromatic nitrogens is 1. The van der Waals surface area contributed by atoms with Crippen LogP contribution in [0.5, 0.6) is 0 Å². The van der Waals surface area contributed by atoms with E-state index in [0.717, 1.165) is 22.3 Å². The van der Waals surface area contributed by atoms with E-state index < -0.39 is 5.97 Å². The first-order valence-corrected chi connectivity index (χ1v) is 10.00. The van der Waals surface area contributed by atoms with Crippen LogP contribution in [0.4, 0.5) is 10.1 Å². The molecule has 2 aromatic carbocycles. The van der Waals surface area contributed by atoms with Gasteiger partial charge in [0.15, 0.2) is 6.61 Å². The highest BCUT2D eigenvalue weighted by molar-refractivity contribution is 5.84. The number of piperazine rings is 1. The molecule has 1 amide bonds. The van der Waals surface area contributed by atoms with E-state index in [0.29, 0.717) is 26.2 Å². The summed E-state index contributed by atoms with van der Waals surface area (Å²) in [6.45, 7) is 4.14. The lowest BCUT2D eigenvalue weighted by atomic mass is 10.2. The number of amides is 1. The van der Waals surface area contributed by atoms with Crippen molar-refractivity contribution in [2.24, 2.45) is 0 Å². The summed E-state index contributed by atoms with van der Waals surface area (Å²) >= 11 is 0. The van der Waals surface area contributed by atoms with Gasteiger partial charge >= 0.3 is 5.97 Å². The molecule has 0 spiro atoms. The predicted molar refractivity (Wildman–Crippen MR) is 113 cm³/mol. The van der Waals surface area contributed by atoms with Crippen LogP contribution in [0.15, 0.2) is 54.6 Å². The lowest BCUT2D eigenvalue weighted by Gasteiger charge is -2.36. The van der Waals surface area contributed by atoms with Crippen LogP contribution in [0.1, 0.15) is 5.69 Å². The van der Waals surface area contributed by atoms with Crippen LogP contribution >= 0.6 is 0 Å². The first-order valence-electron chi connectivity index (χ1n) is 10.00. The summed E-state index contributed by atoms with van der Waals surface area (Å²) in [6, 6.07) is 16.2. The number of esters is 1. The molecule has 2 heterocycles. The molecule has 0 aliphatic carbocycles. The van der Waals surface area contributed by atoms with Gasteiger partial charge in [0, 0.05) is 43.1 Å². The molecule has 4 rings (SSSR count). The Balaban J connectivity index is 1.27. The SMILES string of the molecule is Cc1cc2ccccc2n1CC(=O)OCC(=O)N1CCN(c2ccc(F)cc2)CC1. The van der Waals surface area contributed by atoms with E-state index in [-0.39, 0.29) is 24.9 Å². The summed E-state index contributed by atoms with van der Waals surface area (Å²) in [4.78, 5) is 28.6. The molecule has 0 bridgehead atoms. The smallest absolute Gasteiger partial charge is 0.326 e. The van der Waals surface area contributed by atoms with Gasteiger partial charge in [-0.25, -0.2) is 4.39 Å². The molecule has 6 nitrogen and oxygen atoms in total. The second-order valence-corrected chi connectivity index (χ2v) is 7.44. The van der Waals surface area contributed by atoms with Gasteiger partial charge in [0.2, 0.25) is 0 Å². The van der Waals surface area contributed by atoms with Gasteiger partial charge in [0.25, 0.3) is 5.91 Å². The Bertz CT molecular complexity index is 1050. The van der Waals surface area contributed by atoms with Crippen molar-refractivity contribution in [2.75, 3.05) is 37.7 Å².